The Morgan fingerprint density at radius 3 is 2.54 bits per heavy atom. The number of rotatable bonds is 8. The number of pyridine rings is 1. The van der Waals surface area contributed by atoms with Gasteiger partial charge >= 0.3 is 12.1 Å². The molecular formula is C34H35BrF3N3O5. The van der Waals surface area contributed by atoms with E-state index in [0.29, 0.717) is 41.0 Å². The summed E-state index contributed by atoms with van der Waals surface area (Å²) in [6, 6.07) is 14.9. The highest BCUT2D eigenvalue weighted by Crippen LogP contribution is 2.41. The first-order chi connectivity index (χ1) is 21.6. The van der Waals surface area contributed by atoms with Gasteiger partial charge in [-0.1, -0.05) is 37.6 Å². The highest BCUT2D eigenvalue weighted by Gasteiger charge is 2.41. The fourth-order valence-electron chi connectivity index (χ4n) is 5.52. The van der Waals surface area contributed by atoms with Crippen LogP contribution >= 0.6 is 15.9 Å². The summed E-state index contributed by atoms with van der Waals surface area (Å²) in [7, 11) is 1.87. The second kappa shape index (κ2) is 14.9. The molecule has 3 aromatic rings. The summed E-state index contributed by atoms with van der Waals surface area (Å²) in [6.07, 6.45) is 4.02. The molecule has 2 N–H and O–H groups in total. The molecular weight excluding hydrogens is 667 g/mol. The number of aromatic nitrogens is 1. The van der Waals surface area contributed by atoms with Crippen LogP contribution < -0.4 is 4.74 Å². The normalized spacial score (nSPS) is 17.9. The van der Waals surface area contributed by atoms with Crippen molar-refractivity contribution in [2.24, 2.45) is 0 Å². The second-order valence-corrected chi connectivity index (χ2v) is 11.9. The summed E-state index contributed by atoms with van der Waals surface area (Å²) in [4.78, 5) is 28.5. The summed E-state index contributed by atoms with van der Waals surface area (Å²) in [5.74, 6) is -1.76. The average molecular weight is 703 g/mol. The molecule has 4 rings (SSSR count). The maximum atomic E-state index is 13.5. The first-order valence-corrected chi connectivity index (χ1v) is 15.3. The van der Waals surface area contributed by atoms with Crippen LogP contribution in [0.4, 0.5) is 13.2 Å². The molecule has 1 saturated heterocycles. The maximum Gasteiger partial charge on any atom is 0.490 e. The lowest BCUT2D eigenvalue weighted by Crippen LogP contribution is -2.43. The van der Waals surface area contributed by atoms with Crippen LogP contribution in [0.25, 0.3) is 0 Å². The molecule has 0 aliphatic carbocycles. The Morgan fingerprint density at radius 2 is 1.93 bits per heavy atom. The second-order valence-electron chi connectivity index (χ2n) is 11.1. The number of likely N-dealkylation sites (N-methyl/N-ethyl adjacent to an activating group) is 1. The lowest BCUT2D eigenvalue weighted by molar-refractivity contribution is -0.192. The number of carboxylic acid groups (broad SMARTS) is 1. The Labute approximate surface area is 274 Å². The van der Waals surface area contributed by atoms with Gasteiger partial charge in [0, 0.05) is 36.0 Å². The Hall–Kier alpha value is -4.21. The maximum absolute atomic E-state index is 13.5. The SMILES string of the molecule is C=CCc1c(Br)cncc1C(C)(O)c1ccc(C#N)c(Oc2cccc(C3(CC)CCCCN(C)C3=O)c2)c1.O=C(O)C(F)(F)F. The van der Waals surface area contributed by atoms with Gasteiger partial charge in [-0.05, 0) is 89.5 Å². The van der Waals surface area contributed by atoms with E-state index in [9.17, 15) is 28.3 Å². The van der Waals surface area contributed by atoms with Gasteiger partial charge in [0.25, 0.3) is 0 Å². The van der Waals surface area contributed by atoms with Gasteiger partial charge in [0.2, 0.25) is 5.91 Å². The molecule has 244 valence electrons. The minimum Gasteiger partial charge on any atom is -0.475 e. The summed E-state index contributed by atoms with van der Waals surface area (Å²) >= 11 is 3.54. The number of amides is 1. The number of nitrogens with zero attached hydrogens (tertiary/aromatic N) is 3. The van der Waals surface area contributed by atoms with Crippen molar-refractivity contribution in [1.82, 2.24) is 9.88 Å². The van der Waals surface area contributed by atoms with E-state index in [0.717, 1.165) is 41.4 Å². The molecule has 1 amide bonds. The number of aliphatic hydroxyl groups is 1. The standard InChI is InChI=1S/C32H34BrN3O3.C2HF3O2/c1-5-10-26-27(20-35-21-28(26)33)31(3,38)23-14-13-22(19-34)29(18-23)39-25-12-9-11-24(17-25)32(6-2)15-7-8-16-36(4)30(32)37;3-2(4,5)1(6)7/h5,9,11-14,17-18,20-21,38H,1,6-8,10,15-16H2,2-4H3;(H,6,7). The Bertz CT molecular complexity index is 1640. The molecule has 1 fully saturated rings. The van der Waals surface area contributed by atoms with Gasteiger partial charge < -0.3 is 19.8 Å². The third-order valence-electron chi connectivity index (χ3n) is 8.11. The number of carbonyl (C=O) groups excluding carboxylic acids is 1. The van der Waals surface area contributed by atoms with Gasteiger partial charge in [-0.25, -0.2) is 4.79 Å². The van der Waals surface area contributed by atoms with Gasteiger partial charge in [0.05, 0.1) is 11.0 Å². The number of benzene rings is 2. The van der Waals surface area contributed by atoms with Crippen LogP contribution in [-0.4, -0.2) is 51.7 Å². The predicted molar refractivity (Wildman–Crippen MR) is 169 cm³/mol. The Balaban J connectivity index is 0.000000738. The zero-order valence-electron chi connectivity index (χ0n) is 25.7. The van der Waals surface area contributed by atoms with Crippen molar-refractivity contribution in [3.05, 3.63) is 99.8 Å². The van der Waals surface area contributed by atoms with Crippen LogP contribution in [-0.2, 0) is 27.0 Å². The summed E-state index contributed by atoms with van der Waals surface area (Å²) in [5.41, 5.74) is 1.31. The van der Waals surface area contributed by atoms with E-state index < -0.39 is 23.2 Å². The third kappa shape index (κ3) is 7.95. The van der Waals surface area contributed by atoms with Crippen molar-refractivity contribution in [2.45, 2.75) is 63.1 Å². The van der Waals surface area contributed by atoms with Crippen LogP contribution in [0.2, 0.25) is 0 Å². The van der Waals surface area contributed by atoms with E-state index in [4.69, 9.17) is 14.6 Å². The van der Waals surface area contributed by atoms with Crippen molar-refractivity contribution in [2.75, 3.05) is 13.6 Å². The third-order valence-corrected chi connectivity index (χ3v) is 8.79. The molecule has 0 saturated carbocycles. The first-order valence-electron chi connectivity index (χ1n) is 14.5. The van der Waals surface area contributed by atoms with Gasteiger partial charge in [0.1, 0.15) is 23.2 Å². The highest BCUT2D eigenvalue weighted by atomic mass is 79.9. The minimum absolute atomic E-state index is 0.133. The Kier molecular flexibility index (Phi) is 11.8. The van der Waals surface area contributed by atoms with E-state index in [1.165, 1.54) is 0 Å². The van der Waals surface area contributed by atoms with Gasteiger partial charge in [-0.3, -0.25) is 9.78 Å². The number of likely N-dealkylation sites (tertiary alicyclic amines) is 1. The van der Waals surface area contributed by atoms with Crippen LogP contribution in [0.1, 0.15) is 67.3 Å². The molecule has 2 unspecified atom stereocenters. The van der Waals surface area contributed by atoms with Crippen molar-refractivity contribution in [3.8, 4) is 17.6 Å². The predicted octanol–water partition coefficient (Wildman–Crippen LogP) is 7.42. The van der Waals surface area contributed by atoms with E-state index in [-0.39, 0.29) is 5.91 Å². The topological polar surface area (TPSA) is 124 Å². The van der Waals surface area contributed by atoms with Gasteiger partial charge in [0.15, 0.2) is 0 Å². The fraction of sp³-hybridized carbons (Fsp3) is 0.353. The van der Waals surface area contributed by atoms with E-state index in [2.05, 4.69) is 40.5 Å². The van der Waals surface area contributed by atoms with Crippen molar-refractivity contribution in [3.63, 3.8) is 0 Å². The molecule has 0 spiro atoms. The molecule has 1 aliphatic heterocycles. The van der Waals surface area contributed by atoms with Crippen LogP contribution in [0, 0.1) is 11.3 Å². The average Bonchev–Trinajstić information content (AvgIpc) is 3.16. The number of halogens is 4. The van der Waals surface area contributed by atoms with E-state index in [1.807, 2.05) is 36.2 Å². The summed E-state index contributed by atoms with van der Waals surface area (Å²) in [5, 5.41) is 28.7. The van der Waals surface area contributed by atoms with Crippen LogP contribution in [0.5, 0.6) is 11.5 Å². The number of ether oxygens (including phenoxy) is 1. The van der Waals surface area contributed by atoms with Gasteiger partial charge in [-0.2, -0.15) is 18.4 Å². The van der Waals surface area contributed by atoms with Crippen molar-refractivity contribution in [1.29, 1.82) is 5.26 Å². The summed E-state index contributed by atoms with van der Waals surface area (Å²) in [6.45, 7) is 8.36. The van der Waals surface area contributed by atoms with Crippen LogP contribution in [0.3, 0.4) is 0 Å². The molecule has 2 atom stereocenters. The van der Waals surface area contributed by atoms with Crippen molar-refractivity contribution < 1.29 is 37.7 Å². The monoisotopic (exact) mass is 701 g/mol. The smallest absolute Gasteiger partial charge is 0.475 e. The molecule has 8 nitrogen and oxygen atoms in total. The molecule has 0 radical (unpaired) electrons. The van der Waals surface area contributed by atoms with E-state index in [1.54, 1.807) is 43.6 Å². The molecule has 1 aromatic heterocycles. The zero-order chi connectivity index (χ0) is 34.3. The fourth-order valence-corrected chi connectivity index (χ4v) is 6.02. The quantitative estimate of drug-likeness (QED) is 0.234. The lowest BCUT2D eigenvalue weighted by atomic mass is 9.73. The number of aliphatic carboxylic acids is 1. The van der Waals surface area contributed by atoms with Crippen molar-refractivity contribution >= 4 is 27.8 Å². The molecule has 1 aliphatic rings. The lowest BCUT2D eigenvalue weighted by Gasteiger charge is -2.33. The first kappa shape index (κ1) is 36.3. The number of allylic oxidation sites excluding steroid dienone is 1. The molecule has 46 heavy (non-hydrogen) atoms. The zero-order valence-corrected chi connectivity index (χ0v) is 27.3. The summed E-state index contributed by atoms with van der Waals surface area (Å²) < 4.78 is 38.8. The largest absolute Gasteiger partial charge is 0.490 e. The number of carboxylic acids is 1. The number of alkyl halides is 3. The van der Waals surface area contributed by atoms with Crippen LogP contribution in [0.15, 0.2) is 72.0 Å². The number of nitriles is 1. The number of hydrogen-bond donors (Lipinski definition) is 2. The highest BCUT2D eigenvalue weighted by molar-refractivity contribution is 9.10. The van der Waals surface area contributed by atoms with Gasteiger partial charge in [-0.15, -0.1) is 6.58 Å². The van der Waals surface area contributed by atoms with E-state index >= 15 is 0 Å². The minimum atomic E-state index is -5.08. The molecule has 2 aromatic carbocycles. The molecule has 0 bridgehead atoms. The molecule has 12 heteroatoms. The Morgan fingerprint density at radius 1 is 1.24 bits per heavy atom. The molecule has 2 heterocycles. The number of hydrogen-bond acceptors (Lipinski definition) is 6. The number of carbonyl (C=O) groups is 2.